The SMILES string of the molecule is CCOc1ccc(S(=O)(=O)N[C@H](C)C(=O)NCCc2ccc(OC)cc2)cc1C. The van der Waals surface area contributed by atoms with E-state index in [9.17, 15) is 13.2 Å². The molecule has 2 rings (SSSR count). The maximum absolute atomic E-state index is 12.6. The topological polar surface area (TPSA) is 93.7 Å². The van der Waals surface area contributed by atoms with Crippen LogP contribution < -0.4 is 19.5 Å². The van der Waals surface area contributed by atoms with E-state index in [4.69, 9.17) is 9.47 Å². The molecule has 0 aliphatic carbocycles. The van der Waals surface area contributed by atoms with E-state index in [0.29, 0.717) is 30.9 Å². The van der Waals surface area contributed by atoms with Crippen molar-refractivity contribution in [2.45, 2.75) is 38.1 Å². The molecule has 0 bridgehead atoms. The summed E-state index contributed by atoms with van der Waals surface area (Å²) in [5, 5.41) is 2.75. The molecular weight excluding hydrogens is 392 g/mol. The fourth-order valence-corrected chi connectivity index (χ4v) is 4.02. The van der Waals surface area contributed by atoms with Crippen molar-refractivity contribution in [2.24, 2.45) is 0 Å². The van der Waals surface area contributed by atoms with Crippen LogP contribution in [0.3, 0.4) is 0 Å². The van der Waals surface area contributed by atoms with Gasteiger partial charge in [-0.1, -0.05) is 12.1 Å². The number of benzene rings is 2. The predicted octanol–water partition coefficient (Wildman–Crippen LogP) is 2.43. The number of carbonyl (C=O) groups excluding carboxylic acids is 1. The summed E-state index contributed by atoms with van der Waals surface area (Å²) in [6.45, 7) is 6.06. The van der Waals surface area contributed by atoms with Crippen LogP contribution in [-0.2, 0) is 21.2 Å². The largest absolute Gasteiger partial charge is 0.497 e. The third kappa shape index (κ3) is 6.47. The number of carbonyl (C=O) groups is 1. The highest BCUT2D eigenvalue weighted by Crippen LogP contribution is 2.22. The molecule has 0 saturated heterocycles. The molecule has 1 atom stereocenters. The Bertz CT molecular complexity index is 927. The summed E-state index contributed by atoms with van der Waals surface area (Å²) in [5.41, 5.74) is 1.76. The zero-order valence-corrected chi connectivity index (χ0v) is 18.0. The second-order valence-electron chi connectivity index (χ2n) is 6.59. The third-order valence-electron chi connectivity index (χ3n) is 4.35. The lowest BCUT2D eigenvalue weighted by Gasteiger charge is -2.15. The summed E-state index contributed by atoms with van der Waals surface area (Å²) < 4.78 is 38.1. The van der Waals surface area contributed by atoms with E-state index in [-0.39, 0.29) is 10.8 Å². The van der Waals surface area contributed by atoms with Gasteiger partial charge in [0.25, 0.3) is 0 Å². The fraction of sp³-hybridized carbons (Fsp3) is 0.381. The lowest BCUT2D eigenvalue weighted by molar-refractivity contribution is -0.122. The van der Waals surface area contributed by atoms with Crippen molar-refractivity contribution >= 4 is 15.9 Å². The van der Waals surface area contributed by atoms with Gasteiger partial charge in [0.05, 0.1) is 24.7 Å². The second kappa shape index (κ2) is 10.3. The summed E-state index contributed by atoms with van der Waals surface area (Å²) in [7, 11) is -2.22. The first kappa shape index (κ1) is 22.7. The van der Waals surface area contributed by atoms with Gasteiger partial charge in [-0.2, -0.15) is 4.72 Å². The first-order valence-electron chi connectivity index (χ1n) is 9.43. The Kier molecular flexibility index (Phi) is 8.04. The number of aryl methyl sites for hydroxylation is 1. The minimum atomic E-state index is -3.82. The molecule has 0 aliphatic rings. The molecule has 1 amide bonds. The number of hydrogen-bond acceptors (Lipinski definition) is 5. The van der Waals surface area contributed by atoms with Crippen molar-refractivity contribution in [1.29, 1.82) is 0 Å². The van der Waals surface area contributed by atoms with Crippen LogP contribution in [0.15, 0.2) is 47.4 Å². The molecule has 7 nitrogen and oxygen atoms in total. The van der Waals surface area contributed by atoms with E-state index in [1.807, 2.05) is 31.2 Å². The lowest BCUT2D eigenvalue weighted by Crippen LogP contribution is -2.45. The van der Waals surface area contributed by atoms with Gasteiger partial charge in [-0.05, 0) is 68.7 Å². The minimum Gasteiger partial charge on any atom is -0.497 e. The molecule has 0 aromatic heterocycles. The quantitative estimate of drug-likeness (QED) is 0.616. The number of methoxy groups -OCH3 is 1. The van der Waals surface area contributed by atoms with Crippen LogP contribution in [-0.4, -0.2) is 40.6 Å². The van der Waals surface area contributed by atoms with E-state index in [1.165, 1.54) is 19.1 Å². The lowest BCUT2D eigenvalue weighted by atomic mass is 10.1. The van der Waals surface area contributed by atoms with Gasteiger partial charge in [0.15, 0.2) is 0 Å². The number of amides is 1. The Morgan fingerprint density at radius 2 is 1.83 bits per heavy atom. The Morgan fingerprint density at radius 3 is 2.41 bits per heavy atom. The van der Waals surface area contributed by atoms with Crippen LogP contribution in [0.5, 0.6) is 11.5 Å². The Labute approximate surface area is 172 Å². The molecule has 2 N–H and O–H groups in total. The smallest absolute Gasteiger partial charge is 0.241 e. The van der Waals surface area contributed by atoms with Crippen molar-refractivity contribution in [2.75, 3.05) is 20.3 Å². The zero-order chi connectivity index (χ0) is 21.4. The molecule has 0 spiro atoms. The van der Waals surface area contributed by atoms with E-state index in [1.54, 1.807) is 20.1 Å². The van der Waals surface area contributed by atoms with Crippen molar-refractivity contribution in [3.63, 3.8) is 0 Å². The van der Waals surface area contributed by atoms with Gasteiger partial charge in [-0.25, -0.2) is 8.42 Å². The van der Waals surface area contributed by atoms with Crippen molar-refractivity contribution in [3.05, 3.63) is 53.6 Å². The van der Waals surface area contributed by atoms with Crippen molar-refractivity contribution < 1.29 is 22.7 Å². The molecule has 29 heavy (non-hydrogen) atoms. The molecule has 0 radical (unpaired) electrons. The van der Waals surface area contributed by atoms with Crippen molar-refractivity contribution in [3.8, 4) is 11.5 Å². The van der Waals surface area contributed by atoms with Gasteiger partial charge in [0.1, 0.15) is 11.5 Å². The maximum atomic E-state index is 12.6. The van der Waals surface area contributed by atoms with E-state index in [2.05, 4.69) is 10.0 Å². The number of nitrogens with one attached hydrogen (secondary N) is 2. The van der Waals surface area contributed by atoms with Crippen LogP contribution in [0.25, 0.3) is 0 Å². The Hall–Kier alpha value is -2.58. The Morgan fingerprint density at radius 1 is 1.14 bits per heavy atom. The van der Waals surface area contributed by atoms with E-state index >= 15 is 0 Å². The highest BCUT2D eigenvalue weighted by Gasteiger charge is 2.22. The van der Waals surface area contributed by atoms with Crippen LogP contribution in [0.1, 0.15) is 25.0 Å². The monoisotopic (exact) mass is 420 g/mol. The average Bonchev–Trinajstić information content (AvgIpc) is 2.69. The third-order valence-corrected chi connectivity index (χ3v) is 5.89. The van der Waals surface area contributed by atoms with Gasteiger partial charge in [-0.15, -0.1) is 0 Å². The van der Waals surface area contributed by atoms with Crippen LogP contribution in [0.4, 0.5) is 0 Å². The summed E-state index contributed by atoms with van der Waals surface area (Å²) in [5.74, 6) is 1.02. The van der Waals surface area contributed by atoms with Crippen LogP contribution in [0.2, 0.25) is 0 Å². The average molecular weight is 421 g/mol. The highest BCUT2D eigenvalue weighted by molar-refractivity contribution is 7.89. The highest BCUT2D eigenvalue weighted by atomic mass is 32.2. The number of rotatable bonds is 10. The van der Waals surface area contributed by atoms with E-state index < -0.39 is 16.1 Å². The predicted molar refractivity (Wildman–Crippen MR) is 112 cm³/mol. The second-order valence-corrected chi connectivity index (χ2v) is 8.31. The molecule has 158 valence electrons. The molecule has 8 heteroatoms. The van der Waals surface area contributed by atoms with Gasteiger partial charge < -0.3 is 14.8 Å². The van der Waals surface area contributed by atoms with Crippen LogP contribution in [0, 0.1) is 6.92 Å². The summed E-state index contributed by atoms with van der Waals surface area (Å²) in [6.07, 6.45) is 0.632. The molecule has 2 aromatic carbocycles. The first-order valence-corrected chi connectivity index (χ1v) is 10.9. The molecule has 0 aliphatic heterocycles. The summed E-state index contributed by atoms with van der Waals surface area (Å²) in [6, 6.07) is 11.3. The number of ether oxygens (including phenoxy) is 2. The molecular formula is C21H28N2O5S. The summed E-state index contributed by atoms with van der Waals surface area (Å²) in [4.78, 5) is 12.4. The maximum Gasteiger partial charge on any atom is 0.241 e. The Balaban J connectivity index is 1.90. The van der Waals surface area contributed by atoms with Gasteiger partial charge in [0, 0.05) is 6.54 Å². The van der Waals surface area contributed by atoms with Gasteiger partial charge in [0.2, 0.25) is 15.9 Å². The molecule has 0 saturated carbocycles. The van der Waals surface area contributed by atoms with Gasteiger partial charge in [-0.3, -0.25) is 4.79 Å². The minimum absolute atomic E-state index is 0.0938. The molecule has 0 fully saturated rings. The number of hydrogen-bond donors (Lipinski definition) is 2. The summed E-state index contributed by atoms with van der Waals surface area (Å²) >= 11 is 0. The fourth-order valence-electron chi connectivity index (χ4n) is 2.74. The van der Waals surface area contributed by atoms with E-state index in [0.717, 1.165) is 11.3 Å². The van der Waals surface area contributed by atoms with Crippen LogP contribution >= 0.6 is 0 Å². The molecule has 2 aromatic rings. The standard InChI is InChI=1S/C21H28N2O5S/c1-5-28-20-11-10-19(14-15(20)2)29(25,26)23-16(3)21(24)22-13-12-17-6-8-18(27-4)9-7-17/h6-11,14,16,23H,5,12-13H2,1-4H3,(H,22,24)/t16-/m1/s1. The van der Waals surface area contributed by atoms with Crippen molar-refractivity contribution in [1.82, 2.24) is 10.0 Å². The number of sulfonamides is 1. The van der Waals surface area contributed by atoms with Gasteiger partial charge >= 0.3 is 0 Å². The molecule has 0 unspecified atom stereocenters. The normalized spacial score (nSPS) is 12.3. The molecule has 0 heterocycles. The zero-order valence-electron chi connectivity index (χ0n) is 17.2. The first-order chi connectivity index (χ1) is 13.8.